The van der Waals surface area contributed by atoms with Crippen molar-refractivity contribution in [2.75, 3.05) is 66.1 Å². The third-order valence-electron chi connectivity index (χ3n) is 2.97. The second-order valence-corrected chi connectivity index (χ2v) is 8.37. The Morgan fingerprint density at radius 2 is 0.655 bits per heavy atom. The molecular weight excluding hydrogens is 372 g/mol. The van der Waals surface area contributed by atoms with E-state index in [1.807, 2.05) is 41.5 Å². The third kappa shape index (κ3) is 38.9. The zero-order valence-electron chi connectivity index (χ0n) is 19.9. The van der Waals surface area contributed by atoms with Gasteiger partial charge in [0.2, 0.25) is 0 Å². The van der Waals surface area contributed by atoms with Crippen LogP contribution in [-0.2, 0) is 28.4 Å². The van der Waals surface area contributed by atoms with Gasteiger partial charge in [0.15, 0.2) is 0 Å². The SMILES string of the molecule is C.CCCOCCOCCOC(C)(C)C.CCCOCCOCCOC(C)(C)C. The molecule has 0 aromatic heterocycles. The number of rotatable bonds is 16. The maximum absolute atomic E-state index is 5.49. The Bertz CT molecular complexity index is 267. The summed E-state index contributed by atoms with van der Waals surface area (Å²) in [6, 6.07) is 0. The molecule has 0 amide bonds. The van der Waals surface area contributed by atoms with Crippen LogP contribution in [0.2, 0.25) is 0 Å². The van der Waals surface area contributed by atoms with E-state index in [1.54, 1.807) is 0 Å². The van der Waals surface area contributed by atoms with Crippen molar-refractivity contribution in [2.45, 2.75) is 86.9 Å². The van der Waals surface area contributed by atoms with Gasteiger partial charge in [-0.15, -0.1) is 0 Å². The molecule has 0 aromatic carbocycles. The van der Waals surface area contributed by atoms with Crippen molar-refractivity contribution in [3.8, 4) is 0 Å². The number of hydrogen-bond donors (Lipinski definition) is 0. The highest BCUT2D eigenvalue weighted by atomic mass is 16.6. The van der Waals surface area contributed by atoms with Crippen molar-refractivity contribution in [3.05, 3.63) is 0 Å². The van der Waals surface area contributed by atoms with Crippen LogP contribution in [0.15, 0.2) is 0 Å². The molecule has 29 heavy (non-hydrogen) atoms. The molecule has 0 unspecified atom stereocenters. The van der Waals surface area contributed by atoms with Crippen LogP contribution in [0.25, 0.3) is 0 Å². The van der Waals surface area contributed by atoms with Gasteiger partial charge in [0, 0.05) is 13.2 Å². The Labute approximate surface area is 181 Å². The van der Waals surface area contributed by atoms with E-state index in [1.165, 1.54) is 0 Å². The Kier molecular flexibility index (Phi) is 25.9. The van der Waals surface area contributed by atoms with Crippen molar-refractivity contribution >= 4 is 0 Å². The standard InChI is InChI=1S/2C11H24O3.CH4/c2*1-5-6-12-7-8-13-9-10-14-11(2,3)4;/h2*5-10H2,1-4H3;1H4. The van der Waals surface area contributed by atoms with Gasteiger partial charge in [-0.25, -0.2) is 0 Å². The summed E-state index contributed by atoms with van der Waals surface area (Å²) in [6.45, 7) is 23.3. The summed E-state index contributed by atoms with van der Waals surface area (Å²) in [5.74, 6) is 0. The van der Waals surface area contributed by atoms with Crippen LogP contribution in [0, 0.1) is 0 Å². The van der Waals surface area contributed by atoms with E-state index in [0.717, 1.165) is 26.1 Å². The lowest BCUT2D eigenvalue weighted by atomic mass is 10.2. The maximum Gasteiger partial charge on any atom is 0.0707 e. The van der Waals surface area contributed by atoms with Gasteiger partial charge in [0.1, 0.15) is 0 Å². The average molecular weight is 425 g/mol. The van der Waals surface area contributed by atoms with Crippen LogP contribution in [0.3, 0.4) is 0 Å². The Balaban J connectivity index is -0.000000451. The fourth-order valence-electron chi connectivity index (χ4n) is 1.75. The van der Waals surface area contributed by atoms with Gasteiger partial charge in [-0.1, -0.05) is 21.3 Å². The van der Waals surface area contributed by atoms with Crippen LogP contribution in [0.4, 0.5) is 0 Å². The molecule has 0 heterocycles. The van der Waals surface area contributed by atoms with Crippen LogP contribution in [0.5, 0.6) is 0 Å². The van der Waals surface area contributed by atoms with Gasteiger partial charge >= 0.3 is 0 Å². The van der Waals surface area contributed by atoms with E-state index in [9.17, 15) is 0 Å². The minimum absolute atomic E-state index is 0. The second kappa shape index (κ2) is 22.4. The van der Waals surface area contributed by atoms with Crippen molar-refractivity contribution in [1.29, 1.82) is 0 Å². The highest BCUT2D eigenvalue weighted by molar-refractivity contribution is 4.58. The van der Waals surface area contributed by atoms with E-state index in [2.05, 4.69) is 13.8 Å². The van der Waals surface area contributed by atoms with Crippen molar-refractivity contribution in [2.24, 2.45) is 0 Å². The van der Waals surface area contributed by atoms with E-state index in [0.29, 0.717) is 52.9 Å². The first-order valence-corrected chi connectivity index (χ1v) is 10.7. The summed E-state index contributed by atoms with van der Waals surface area (Å²) in [7, 11) is 0. The van der Waals surface area contributed by atoms with Crippen LogP contribution < -0.4 is 0 Å². The molecule has 0 aliphatic heterocycles. The predicted molar refractivity (Wildman–Crippen MR) is 122 cm³/mol. The quantitative estimate of drug-likeness (QED) is 0.320. The van der Waals surface area contributed by atoms with E-state index < -0.39 is 0 Å². The summed E-state index contributed by atoms with van der Waals surface area (Å²) in [5.41, 5.74) is -0.135. The predicted octanol–water partition coefficient (Wildman–Crippen LogP) is 5.13. The molecule has 6 nitrogen and oxygen atoms in total. The molecule has 0 rings (SSSR count). The van der Waals surface area contributed by atoms with E-state index >= 15 is 0 Å². The minimum atomic E-state index is -0.0674. The molecule has 0 bridgehead atoms. The topological polar surface area (TPSA) is 55.4 Å². The molecule has 0 saturated heterocycles. The molecule has 0 fully saturated rings. The zero-order chi connectivity index (χ0) is 21.7. The molecule has 0 atom stereocenters. The molecule has 0 aliphatic rings. The van der Waals surface area contributed by atoms with Crippen LogP contribution >= 0.6 is 0 Å². The van der Waals surface area contributed by atoms with E-state index in [4.69, 9.17) is 28.4 Å². The lowest BCUT2D eigenvalue weighted by molar-refractivity contribution is -0.0425. The lowest BCUT2D eigenvalue weighted by Gasteiger charge is -2.19. The molecule has 0 aliphatic carbocycles. The van der Waals surface area contributed by atoms with Crippen molar-refractivity contribution in [1.82, 2.24) is 0 Å². The average Bonchev–Trinajstić information content (AvgIpc) is 2.58. The molecule has 0 aromatic rings. The number of hydrogen-bond acceptors (Lipinski definition) is 6. The molecule has 6 heteroatoms. The van der Waals surface area contributed by atoms with Crippen LogP contribution in [-0.4, -0.2) is 77.3 Å². The molecule has 0 spiro atoms. The molecule has 0 N–H and O–H groups in total. The van der Waals surface area contributed by atoms with Gasteiger partial charge < -0.3 is 28.4 Å². The van der Waals surface area contributed by atoms with Crippen molar-refractivity contribution < 1.29 is 28.4 Å². The summed E-state index contributed by atoms with van der Waals surface area (Å²) < 4.78 is 32.2. The largest absolute Gasteiger partial charge is 0.379 e. The number of ether oxygens (including phenoxy) is 6. The highest BCUT2D eigenvalue weighted by Crippen LogP contribution is 2.06. The minimum Gasteiger partial charge on any atom is -0.379 e. The zero-order valence-corrected chi connectivity index (χ0v) is 19.9. The van der Waals surface area contributed by atoms with Crippen LogP contribution in [0.1, 0.15) is 75.7 Å². The summed E-state index contributed by atoms with van der Waals surface area (Å²) in [6.07, 6.45) is 2.13. The van der Waals surface area contributed by atoms with E-state index in [-0.39, 0.29) is 18.6 Å². The fraction of sp³-hybridized carbons (Fsp3) is 1.00. The Hall–Kier alpha value is -0.240. The highest BCUT2D eigenvalue weighted by Gasteiger charge is 2.09. The molecule has 0 radical (unpaired) electrons. The summed E-state index contributed by atoms with van der Waals surface area (Å²) >= 11 is 0. The summed E-state index contributed by atoms with van der Waals surface area (Å²) in [5, 5.41) is 0. The smallest absolute Gasteiger partial charge is 0.0707 e. The first kappa shape index (κ1) is 33.4. The van der Waals surface area contributed by atoms with Gasteiger partial charge in [-0.3, -0.25) is 0 Å². The Morgan fingerprint density at radius 1 is 0.414 bits per heavy atom. The van der Waals surface area contributed by atoms with Gasteiger partial charge in [-0.2, -0.15) is 0 Å². The maximum atomic E-state index is 5.49. The van der Waals surface area contributed by atoms with Crippen molar-refractivity contribution in [3.63, 3.8) is 0 Å². The third-order valence-corrected chi connectivity index (χ3v) is 2.97. The lowest BCUT2D eigenvalue weighted by Crippen LogP contribution is -2.22. The first-order valence-electron chi connectivity index (χ1n) is 10.7. The molecule has 180 valence electrons. The van der Waals surface area contributed by atoms with Gasteiger partial charge in [-0.05, 0) is 54.4 Å². The fourth-order valence-corrected chi connectivity index (χ4v) is 1.75. The normalized spacial score (nSPS) is 11.6. The summed E-state index contributed by atoms with van der Waals surface area (Å²) in [4.78, 5) is 0. The molecular formula is C23H52O6. The van der Waals surface area contributed by atoms with Gasteiger partial charge in [0.05, 0.1) is 64.1 Å². The second-order valence-electron chi connectivity index (χ2n) is 8.37. The Morgan fingerprint density at radius 3 is 0.897 bits per heavy atom. The van der Waals surface area contributed by atoms with Gasteiger partial charge in [0.25, 0.3) is 0 Å². The first-order chi connectivity index (χ1) is 13.1. The molecule has 0 saturated carbocycles. The monoisotopic (exact) mass is 424 g/mol.